The van der Waals surface area contributed by atoms with Gasteiger partial charge in [0.05, 0.1) is 0 Å². The van der Waals surface area contributed by atoms with Crippen LogP contribution in [0.2, 0.25) is 0 Å². The Morgan fingerprint density at radius 2 is 1.62 bits per heavy atom. The third-order valence-electron chi connectivity index (χ3n) is 6.01. The van der Waals surface area contributed by atoms with Crippen LogP contribution >= 0.6 is 0 Å². The summed E-state index contributed by atoms with van der Waals surface area (Å²) in [4.78, 5) is 18.9. The van der Waals surface area contributed by atoms with Crippen molar-refractivity contribution in [1.29, 1.82) is 0 Å². The van der Waals surface area contributed by atoms with Crippen LogP contribution in [0.5, 0.6) is 0 Å². The highest BCUT2D eigenvalue weighted by Gasteiger charge is 2.25. The predicted molar refractivity (Wildman–Crippen MR) is 119 cm³/mol. The van der Waals surface area contributed by atoms with Gasteiger partial charge in [0.1, 0.15) is 5.60 Å². The van der Waals surface area contributed by atoms with Crippen molar-refractivity contribution in [1.82, 2.24) is 20.9 Å². The average Bonchev–Trinajstić information content (AvgIpc) is 2.67. The topological polar surface area (TPSA) is 78.0 Å². The molecule has 0 bridgehead atoms. The van der Waals surface area contributed by atoms with Gasteiger partial charge in [0, 0.05) is 25.7 Å². The maximum atomic E-state index is 11.9. The van der Waals surface area contributed by atoms with Gasteiger partial charge in [-0.1, -0.05) is 6.92 Å². The number of rotatable bonds is 6. The van der Waals surface area contributed by atoms with E-state index in [4.69, 9.17) is 4.74 Å². The summed E-state index contributed by atoms with van der Waals surface area (Å²) in [5.41, 5.74) is -0.450. The minimum absolute atomic E-state index is 0.201. The van der Waals surface area contributed by atoms with E-state index in [1.165, 1.54) is 38.9 Å². The number of aliphatic imine (C=N–C) groups is 1. The summed E-state index contributed by atoms with van der Waals surface area (Å²) in [6.45, 7) is 12.6. The molecule has 0 atom stereocenters. The second-order valence-electron chi connectivity index (χ2n) is 9.50. The maximum absolute atomic E-state index is 11.9. The molecule has 7 heteroatoms. The molecule has 2 fully saturated rings. The van der Waals surface area contributed by atoms with E-state index in [1.807, 2.05) is 27.8 Å². The Morgan fingerprint density at radius 3 is 2.14 bits per heavy atom. The van der Waals surface area contributed by atoms with Gasteiger partial charge in [0.2, 0.25) is 0 Å². The van der Waals surface area contributed by atoms with E-state index in [2.05, 4.69) is 32.8 Å². The van der Waals surface area contributed by atoms with E-state index in [0.29, 0.717) is 6.04 Å². The van der Waals surface area contributed by atoms with Crippen LogP contribution in [0.1, 0.15) is 72.6 Å². The van der Waals surface area contributed by atoms with Crippen LogP contribution in [0.3, 0.4) is 0 Å². The summed E-state index contributed by atoms with van der Waals surface area (Å²) in [6, 6.07) is 0.609. The van der Waals surface area contributed by atoms with E-state index in [9.17, 15) is 4.79 Å². The van der Waals surface area contributed by atoms with Gasteiger partial charge in [-0.2, -0.15) is 0 Å². The molecule has 29 heavy (non-hydrogen) atoms. The number of alkyl carbamates (subject to hydrolysis) is 1. The number of piperidine rings is 1. The van der Waals surface area contributed by atoms with Gasteiger partial charge in [0.15, 0.2) is 5.96 Å². The zero-order valence-corrected chi connectivity index (χ0v) is 19.2. The average molecular weight is 410 g/mol. The number of nitrogens with one attached hydrogen (secondary N) is 3. The Labute approximate surface area is 177 Å². The van der Waals surface area contributed by atoms with Crippen molar-refractivity contribution in [2.45, 2.75) is 90.3 Å². The molecule has 0 aromatic rings. The van der Waals surface area contributed by atoms with Crippen LogP contribution < -0.4 is 16.0 Å². The molecule has 1 saturated heterocycles. The molecular formula is C22H43N5O2. The molecule has 3 N–H and O–H groups in total. The van der Waals surface area contributed by atoms with Gasteiger partial charge in [-0.05, 0) is 91.3 Å². The van der Waals surface area contributed by atoms with Crippen LogP contribution in [0.25, 0.3) is 0 Å². The van der Waals surface area contributed by atoms with Crippen LogP contribution in [0.15, 0.2) is 4.99 Å². The van der Waals surface area contributed by atoms with Crippen molar-refractivity contribution in [3.8, 4) is 0 Å². The van der Waals surface area contributed by atoms with Crippen LogP contribution in [-0.2, 0) is 4.74 Å². The lowest BCUT2D eigenvalue weighted by atomic mass is 9.91. The summed E-state index contributed by atoms with van der Waals surface area (Å²) in [5.74, 6) is 1.73. The van der Waals surface area contributed by atoms with Gasteiger partial charge >= 0.3 is 6.09 Å². The largest absolute Gasteiger partial charge is 0.444 e. The first kappa shape index (κ1) is 23.8. The Bertz CT molecular complexity index is 516. The Hall–Kier alpha value is -1.50. The molecule has 0 aromatic carbocycles. The molecule has 0 unspecified atom stereocenters. The van der Waals surface area contributed by atoms with Crippen molar-refractivity contribution in [2.75, 3.05) is 33.2 Å². The zero-order valence-electron chi connectivity index (χ0n) is 19.2. The molecule has 2 aliphatic rings. The van der Waals surface area contributed by atoms with Gasteiger partial charge in [-0.15, -0.1) is 0 Å². The zero-order chi connectivity index (χ0) is 21.3. The first-order valence-electron chi connectivity index (χ1n) is 11.5. The molecule has 2 rings (SSSR count). The monoisotopic (exact) mass is 409 g/mol. The predicted octanol–water partition coefficient (Wildman–Crippen LogP) is 3.11. The lowest BCUT2D eigenvalue weighted by molar-refractivity contribution is 0.0490. The molecule has 168 valence electrons. The quantitative estimate of drug-likeness (QED) is 0.464. The smallest absolute Gasteiger partial charge is 0.407 e. The summed E-state index contributed by atoms with van der Waals surface area (Å²) in [6.07, 6.45) is 7.51. The second-order valence-corrected chi connectivity index (χ2v) is 9.50. The van der Waals surface area contributed by atoms with Crippen molar-refractivity contribution in [3.63, 3.8) is 0 Å². The first-order valence-corrected chi connectivity index (χ1v) is 11.5. The van der Waals surface area contributed by atoms with Crippen molar-refractivity contribution >= 4 is 12.1 Å². The van der Waals surface area contributed by atoms with Crippen molar-refractivity contribution in [2.24, 2.45) is 10.9 Å². The van der Waals surface area contributed by atoms with Crippen molar-refractivity contribution < 1.29 is 9.53 Å². The number of hydrogen-bond donors (Lipinski definition) is 3. The van der Waals surface area contributed by atoms with Crippen LogP contribution in [0, 0.1) is 5.92 Å². The summed E-state index contributed by atoms with van der Waals surface area (Å²) >= 11 is 0. The van der Waals surface area contributed by atoms with Gasteiger partial charge in [0.25, 0.3) is 0 Å². The van der Waals surface area contributed by atoms with Gasteiger partial charge in [-0.25, -0.2) is 4.79 Å². The molecule has 0 aromatic heterocycles. The number of carbonyl (C=O) groups excluding carboxylic acids is 1. The first-order chi connectivity index (χ1) is 13.8. The summed E-state index contributed by atoms with van der Waals surface area (Å²) in [5, 5.41) is 10.1. The van der Waals surface area contributed by atoms with E-state index in [1.54, 1.807) is 0 Å². The minimum atomic E-state index is -0.450. The minimum Gasteiger partial charge on any atom is -0.444 e. The normalized spacial score (nSPS) is 24.8. The maximum Gasteiger partial charge on any atom is 0.407 e. The van der Waals surface area contributed by atoms with Gasteiger partial charge < -0.3 is 25.6 Å². The molecular weight excluding hydrogens is 366 g/mol. The van der Waals surface area contributed by atoms with E-state index in [-0.39, 0.29) is 12.1 Å². The number of nitrogens with zero attached hydrogens (tertiary/aromatic N) is 2. The standard InChI is InChI=1S/C22H43N5O2/c1-6-27-15-12-17(13-16-27)11-14-24-20(23-5)25-18-7-9-19(10-8-18)26-21(28)29-22(2,3)4/h17-19H,6-16H2,1-5H3,(H,26,28)(H2,23,24,25). The Morgan fingerprint density at radius 1 is 1.03 bits per heavy atom. The number of amides is 1. The molecule has 1 heterocycles. The number of ether oxygens (including phenoxy) is 1. The number of hydrogen-bond acceptors (Lipinski definition) is 4. The van der Waals surface area contributed by atoms with Gasteiger partial charge in [-0.3, -0.25) is 4.99 Å². The molecule has 1 aliphatic carbocycles. The Kier molecular flexibility index (Phi) is 9.53. The third-order valence-corrected chi connectivity index (χ3v) is 6.01. The summed E-state index contributed by atoms with van der Waals surface area (Å²) in [7, 11) is 1.84. The fraction of sp³-hybridized carbons (Fsp3) is 0.909. The van der Waals surface area contributed by atoms with Crippen LogP contribution in [-0.4, -0.2) is 67.9 Å². The fourth-order valence-corrected chi connectivity index (χ4v) is 4.23. The molecule has 1 amide bonds. The number of guanidine groups is 1. The highest BCUT2D eigenvalue weighted by molar-refractivity contribution is 5.79. The van der Waals surface area contributed by atoms with E-state index < -0.39 is 5.60 Å². The second kappa shape index (κ2) is 11.6. The number of carbonyl (C=O) groups is 1. The lowest BCUT2D eigenvalue weighted by Crippen LogP contribution is -2.48. The highest BCUT2D eigenvalue weighted by atomic mass is 16.6. The Balaban J connectivity index is 1.61. The van der Waals surface area contributed by atoms with Crippen LogP contribution in [0.4, 0.5) is 4.79 Å². The fourth-order valence-electron chi connectivity index (χ4n) is 4.23. The van der Waals surface area contributed by atoms with Crippen molar-refractivity contribution in [3.05, 3.63) is 0 Å². The van der Waals surface area contributed by atoms with E-state index >= 15 is 0 Å². The molecule has 7 nitrogen and oxygen atoms in total. The molecule has 1 saturated carbocycles. The molecule has 0 spiro atoms. The summed E-state index contributed by atoms with van der Waals surface area (Å²) < 4.78 is 5.36. The third kappa shape index (κ3) is 9.24. The lowest BCUT2D eigenvalue weighted by Gasteiger charge is -2.32. The highest BCUT2D eigenvalue weighted by Crippen LogP contribution is 2.20. The SMILES string of the molecule is CCN1CCC(CCNC(=NC)NC2CCC(NC(=O)OC(C)(C)C)CC2)CC1. The molecule has 1 aliphatic heterocycles. The molecule has 0 radical (unpaired) electrons. The van der Waals surface area contributed by atoms with E-state index in [0.717, 1.165) is 44.1 Å². The number of likely N-dealkylation sites (tertiary alicyclic amines) is 1.